The zero-order valence-corrected chi connectivity index (χ0v) is 32.6. The van der Waals surface area contributed by atoms with E-state index in [-0.39, 0.29) is 22.5 Å². The van der Waals surface area contributed by atoms with Crippen LogP contribution >= 0.6 is 11.6 Å². The molecule has 4 aliphatic heterocycles. The van der Waals surface area contributed by atoms with Gasteiger partial charge in [-0.2, -0.15) is 0 Å². The Kier molecular flexibility index (Phi) is 11.1. The summed E-state index contributed by atoms with van der Waals surface area (Å²) < 4.78 is 29.0. The zero-order chi connectivity index (χ0) is 35.8. The molecule has 10 heteroatoms. The third-order valence-electron chi connectivity index (χ3n) is 13.5. The summed E-state index contributed by atoms with van der Waals surface area (Å²) in [5.41, 5.74) is 4.00. The van der Waals surface area contributed by atoms with Gasteiger partial charge in [0.15, 0.2) is 0 Å². The lowest BCUT2D eigenvalue weighted by atomic mass is 9.67. The van der Waals surface area contributed by atoms with Crippen LogP contribution in [0.15, 0.2) is 48.6 Å². The molecule has 8 unspecified atom stereocenters. The van der Waals surface area contributed by atoms with Crippen molar-refractivity contribution in [2.75, 3.05) is 64.5 Å². The van der Waals surface area contributed by atoms with Crippen molar-refractivity contribution >= 4 is 34.2 Å². The molecule has 8 nitrogen and oxygen atoms in total. The molecule has 8 atom stereocenters. The summed E-state index contributed by atoms with van der Waals surface area (Å²) >= 11 is 6.53. The number of hydrogen-bond donors (Lipinski definition) is 1. The second-order valence-corrected chi connectivity index (χ2v) is 18.5. The fraction of sp³-hybridized carbons (Fsp3) is 0.643. The third-order valence-corrected chi connectivity index (χ3v) is 15.4. The molecule has 1 N–H and O–H groups in total. The minimum Gasteiger partial charge on any atom is -0.490 e. The molecule has 1 saturated carbocycles. The Hall–Kier alpha value is -2.43. The monoisotopic (exact) mass is 748 g/mol. The van der Waals surface area contributed by atoms with Crippen LogP contribution in [0.1, 0.15) is 86.2 Å². The summed E-state index contributed by atoms with van der Waals surface area (Å²) in [5.74, 6) is 1.72. The van der Waals surface area contributed by atoms with E-state index in [2.05, 4.69) is 50.6 Å². The number of methoxy groups -OCH3 is 1. The number of anilines is 1. The fourth-order valence-corrected chi connectivity index (χ4v) is 11.9. The lowest BCUT2D eigenvalue weighted by molar-refractivity contribution is -0.00159. The molecule has 2 aromatic rings. The number of aryl methyl sites for hydroxylation is 1. The first-order valence-corrected chi connectivity index (χ1v) is 21.6. The Balaban J connectivity index is 1.17. The van der Waals surface area contributed by atoms with E-state index in [4.69, 9.17) is 21.1 Å². The number of benzene rings is 2. The summed E-state index contributed by atoms with van der Waals surface area (Å²) in [5, 5.41) is 0.568. The van der Waals surface area contributed by atoms with E-state index in [0.717, 1.165) is 74.9 Å². The van der Waals surface area contributed by atoms with Crippen LogP contribution in [-0.2, 0) is 27.6 Å². The average Bonchev–Trinajstić information content (AvgIpc) is 3.29. The topological polar surface area (TPSA) is 74.3 Å². The van der Waals surface area contributed by atoms with Crippen molar-refractivity contribution < 1.29 is 18.5 Å². The van der Waals surface area contributed by atoms with E-state index in [9.17, 15) is 9.00 Å². The first-order chi connectivity index (χ1) is 25.3. The number of allylic oxidation sites excluding steroid dienone is 1. The average molecular weight is 749 g/mol. The second kappa shape index (κ2) is 15.7. The highest BCUT2D eigenvalue weighted by molar-refractivity contribution is 7.84. The van der Waals surface area contributed by atoms with Crippen molar-refractivity contribution in [2.45, 2.75) is 93.9 Å². The standard InChI is InChI=1S/C42H57ClN4O4S/c1-29-7-5-10-37(46-21-20-45-19-4-3-9-34(45)26-46)35-14-11-32(35)25-47-27-42(18-6-8-30-23-33(43)13-15-36(30)42)28-51-39-16-12-31(24-38(39)47)41(48)44-52(49)40(29)17-22-50-2/h5,10,12-13,15-16,23-24,29,32,34-35,37,40H,3-4,6-9,11,14,17-22,25-28H2,1-2H3,(H,44,48)/b10-5+. The van der Waals surface area contributed by atoms with Gasteiger partial charge < -0.3 is 14.4 Å². The van der Waals surface area contributed by atoms with Crippen molar-refractivity contribution in [1.82, 2.24) is 14.5 Å². The first-order valence-electron chi connectivity index (χ1n) is 20.0. The van der Waals surface area contributed by atoms with E-state index in [1.165, 1.54) is 49.8 Å². The van der Waals surface area contributed by atoms with Gasteiger partial charge in [0.25, 0.3) is 5.91 Å². The lowest BCUT2D eigenvalue weighted by Crippen LogP contribution is -2.60. The van der Waals surface area contributed by atoms with Gasteiger partial charge in [-0.3, -0.25) is 19.3 Å². The number of carbonyl (C=O) groups excluding carboxylic acids is 1. The summed E-state index contributed by atoms with van der Waals surface area (Å²) in [4.78, 5) is 21.9. The van der Waals surface area contributed by atoms with Crippen LogP contribution < -0.4 is 14.4 Å². The molecule has 8 rings (SSSR count). The molecule has 6 aliphatic rings. The van der Waals surface area contributed by atoms with Crippen molar-refractivity contribution in [3.05, 3.63) is 70.3 Å². The third kappa shape index (κ3) is 7.34. The van der Waals surface area contributed by atoms with E-state index >= 15 is 0 Å². The molecule has 4 heterocycles. The van der Waals surface area contributed by atoms with Crippen molar-refractivity contribution in [3.63, 3.8) is 0 Å². The molecule has 0 radical (unpaired) electrons. The number of nitrogens with one attached hydrogen (secondary N) is 1. The smallest absolute Gasteiger partial charge is 0.263 e. The molecule has 0 aromatic heterocycles. The predicted octanol–water partition coefficient (Wildman–Crippen LogP) is 6.77. The second-order valence-electron chi connectivity index (χ2n) is 16.6. The van der Waals surface area contributed by atoms with Crippen LogP contribution in [0.4, 0.5) is 5.69 Å². The summed E-state index contributed by atoms with van der Waals surface area (Å²) in [7, 11) is 0.115. The highest BCUT2D eigenvalue weighted by Crippen LogP contribution is 2.47. The van der Waals surface area contributed by atoms with Gasteiger partial charge in [-0.15, -0.1) is 0 Å². The molecule has 2 aliphatic carbocycles. The number of hydrogen-bond acceptors (Lipinski definition) is 7. The minimum absolute atomic E-state index is 0.119. The Morgan fingerprint density at radius 2 is 1.92 bits per heavy atom. The van der Waals surface area contributed by atoms with Crippen LogP contribution in [0, 0.1) is 17.8 Å². The minimum atomic E-state index is -1.57. The summed E-state index contributed by atoms with van der Waals surface area (Å²) in [6.45, 7) is 9.67. The quantitative estimate of drug-likeness (QED) is 0.346. The normalized spacial score (nSPS) is 34.9. The van der Waals surface area contributed by atoms with Gasteiger partial charge in [0.2, 0.25) is 0 Å². The summed E-state index contributed by atoms with van der Waals surface area (Å²) in [6, 6.07) is 13.3. The maximum Gasteiger partial charge on any atom is 0.263 e. The Morgan fingerprint density at radius 1 is 1.04 bits per heavy atom. The molecule has 52 heavy (non-hydrogen) atoms. The van der Waals surface area contributed by atoms with Gasteiger partial charge in [-0.1, -0.05) is 43.2 Å². The number of amides is 1. The molecule has 3 fully saturated rings. The van der Waals surface area contributed by atoms with Gasteiger partial charge >= 0.3 is 0 Å². The predicted molar refractivity (Wildman–Crippen MR) is 210 cm³/mol. The number of nitrogens with zero attached hydrogens (tertiary/aromatic N) is 3. The van der Waals surface area contributed by atoms with Crippen LogP contribution in [0.5, 0.6) is 5.75 Å². The SMILES string of the molecule is COCCC1C(C)C/C=C/C(N2CCN3CCCCC3C2)C2CCC2CN2CC3(CCCc4cc(Cl)ccc43)COc3ccc(cc32)C(=O)NS1=O. The molecule has 1 spiro atoms. The van der Waals surface area contributed by atoms with Crippen LogP contribution in [0.2, 0.25) is 5.02 Å². The van der Waals surface area contributed by atoms with Crippen molar-refractivity contribution in [1.29, 1.82) is 0 Å². The molecule has 2 saturated heterocycles. The van der Waals surface area contributed by atoms with Gasteiger partial charge in [-0.05, 0) is 124 Å². The highest BCUT2D eigenvalue weighted by Gasteiger charge is 2.46. The van der Waals surface area contributed by atoms with Crippen molar-refractivity contribution in [3.8, 4) is 5.75 Å². The lowest BCUT2D eigenvalue weighted by Gasteiger charge is -2.52. The first kappa shape index (κ1) is 36.5. The number of carbonyl (C=O) groups is 1. The number of piperidine rings is 1. The molecule has 2 bridgehead atoms. The largest absolute Gasteiger partial charge is 0.490 e. The molecule has 1 amide bonds. The Bertz CT molecular complexity index is 1670. The molecule has 282 valence electrons. The zero-order valence-electron chi connectivity index (χ0n) is 31.1. The maximum atomic E-state index is 13.9. The van der Waals surface area contributed by atoms with Crippen LogP contribution in [0.25, 0.3) is 0 Å². The number of ether oxygens (including phenoxy) is 2. The number of rotatable bonds is 4. The molecule has 2 aromatic carbocycles. The molecular weight excluding hydrogens is 692 g/mol. The van der Waals surface area contributed by atoms with Crippen molar-refractivity contribution in [2.24, 2.45) is 17.8 Å². The maximum absolute atomic E-state index is 13.9. The van der Waals surface area contributed by atoms with Gasteiger partial charge in [0.1, 0.15) is 16.7 Å². The number of piperazine rings is 1. The van der Waals surface area contributed by atoms with E-state index in [1.54, 1.807) is 7.11 Å². The van der Waals surface area contributed by atoms with Crippen LogP contribution in [-0.4, -0.2) is 96.8 Å². The van der Waals surface area contributed by atoms with Gasteiger partial charge in [-0.25, -0.2) is 4.21 Å². The van der Waals surface area contributed by atoms with Gasteiger partial charge in [0.05, 0.1) is 17.5 Å². The van der Waals surface area contributed by atoms with E-state index in [0.29, 0.717) is 49.1 Å². The highest BCUT2D eigenvalue weighted by atomic mass is 35.5. The van der Waals surface area contributed by atoms with E-state index in [1.807, 2.05) is 24.3 Å². The number of fused-ring (bicyclic) bond motifs is 5. The Labute approximate surface area is 318 Å². The molecular formula is C42H57ClN4O4S. The van der Waals surface area contributed by atoms with Crippen LogP contribution in [0.3, 0.4) is 0 Å². The summed E-state index contributed by atoms with van der Waals surface area (Å²) in [6.07, 6.45) is 15.9. The fourth-order valence-electron chi connectivity index (χ4n) is 10.4. The Morgan fingerprint density at radius 3 is 2.77 bits per heavy atom. The van der Waals surface area contributed by atoms with Gasteiger partial charge in [0, 0.05) is 74.5 Å². The number of halogens is 1. The van der Waals surface area contributed by atoms with E-state index < -0.39 is 11.0 Å².